The molecule has 5 heteroatoms. The third-order valence-corrected chi connectivity index (χ3v) is 3.19. The lowest BCUT2D eigenvalue weighted by molar-refractivity contribution is 0.0371. The van der Waals surface area contributed by atoms with Crippen molar-refractivity contribution in [2.24, 2.45) is 0 Å². The second-order valence-electron chi connectivity index (χ2n) is 5.51. The van der Waals surface area contributed by atoms with Crippen LogP contribution < -0.4 is 5.32 Å². The average Bonchev–Trinajstić information content (AvgIpc) is 2.59. The molecule has 0 aromatic carbocycles. The largest absolute Gasteiger partial charge is 0.384 e. The summed E-state index contributed by atoms with van der Waals surface area (Å²) in [5.74, 6) is 0. The first-order valence-electron chi connectivity index (χ1n) is 6.45. The van der Waals surface area contributed by atoms with Gasteiger partial charge >= 0.3 is 0 Å². The Morgan fingerprint density at radius 3 is 2.56 bits per heavy atom. The van der Waals surface area contributed by atoms with E-state index >= 15 is 0 Å². The number of rotatable bonds is 6. The minimum absolute atomic E-state index is 0.178. The van der Waals surface area contributed by atoms with Crippen LogP contribution in [-0.2, 0) is 5.60 Å². The van der Waals surface area contributed by atoms with E-state index in [2.05, 4.69) is 24.3 Å². The van der Waals surface area contributed by atoms with Crippen molar-refractivity contribution in [3.63, 3.8) is 0 Å². The van der Waals surface area contributed by atoms with Gasteiger partial charge in [-0.15, -0.1) is 0 Å². The first-order valence-corrected chi connectivity index (χ1v) is 6.82. The summed E-state index contributed by atoms with van der Waals surface area (Å²) in [6.45, 7) is 10.7. The van der Waals surface area contributed by atoms with Gasteiger partial charge in [0.2, 0.25) is 0 Å². The van der Waals surface area contributed by atoms with Gasteiger partial charge in [-0.1, -0.05) is 25.4 Å². The second kappa shape index (κ2) is 6.04. The number of nitrogens with zero attached hydrogens (tertiary/aromatic N) is 2. The molecule has 4 nitrogen and oxygen atoms in total. The molecule has 0 aliphatic rings. The Balaban J connectivity index is 2.86. The molecule has 0 spiro atoms. The fourth-order valence-corrected chi connectivity index (χ4v) is 2.29. The van der Waals surface area contributed by atoms with Crippen molar-refractivity contribution < 1.29 is 5.11 Å². The number of aliphatic hydroxyl groups is 1. The molecular weight excluding hydrogens is 250 g/mol. The molecule has 1 aromatic heterocycles. The first kappa shape index (κ1) is 15.5. The Labute approximate surface area is 114 Å². The Bertz CT molecular complexity index is 386. The van der Waals surface area contributed by atoms with E-state index in [1.54, 1.807) is 17.8 Å². The quantitative estimate of drug-likeness (QED) is 0.838. The zero-order valence-electron chi connectivity index (χ0n) is 11.9. The van der Waals surface area contributed by atoms with E-state index in [0.717, 1.165) is 6.54 Å². The molecular formula is C13H24ClN3O. The van der Waals surface area contributed by atoms with Gasteiger partial charge in [-0.2, -0.15) is 5.10 Å². The molecule has 0 aliphatic heterocycles. The van der Waals surface area contributed by atoms with Crippen LogP contribution in [0.25, 0.3) is 0 Å². The molecule has 0 saturated carbocycles. The fourth-order valence-electron chi connectivity index (χ4n) is 1.96. The molecule has 1 aromatic rings. The predicted octanol–water partition coefficient (Wildman–Crippen LogP) is 2.71. The van der Waals surface area contributed by atoms with Crippen LogP contribution in [0.15, 0.2) is 6.20 Å². The topological polar surface area (TPSA) is 50.1 Å². The lowest BCUT2D eigenvalue weighted by Gasteiger charge is -2.27. The molecule has 1 heterocycles. The van der Waals surface area contributed by atoms with Crippen LogP contribution in [0.5, 0.6) is 0 Å². The van der Waals surface area contributed by atoms with Crippen LogP contribution >= 0.6 is 11.6 Å². The van der Waals surface area contributed by atoms with E-state index in [0.29, 0.717) is 23.2 Å². The maximum absolute atomic E-state index is 10.6. The molecule has 0 fully saturated rings. The van der Waals surface area contributed by atoms with Crippen molar-refractivity contribution in [3.05, 3.63) is 16.9 Å². The van der Waals surface area contributed by atoms with Crippen molar-refractivity contribution in [2.75, 3.05) is 6.54 Å². The minimum Gasteiger partial charge on any atom is -0.384 e. The smallest absolute Gasteiger partial charge is 0.106 e. The van der Waals surface area contributed by atoms with Crippen LogP contribution in [0.4, 0.5) is 0 Å². The molecule has 0 aliphatic carbocycles. The maximum atomic E-state index is 10.6. The number of hydrogen-bond donors (Lipinski definition) is 2. The molecule has 1 rings (SSSR count). The van der Waals surface area contributed by atoms with E-state index in [1.165, 1.54) is 0 Å². The molecule has 1 atom stereocenters. The lowest BCUT2D eigenvalue weighted by Crippen LogP contribution is -2.33. The van der Waals surface area contributed by atoms with Crippen LogP contribution in [0.1, 0.15) is 52.8 Å². The van der Waals surface area contributed by atoms with Gasteiger partial charge in [-0.25, -0.2) is 0 Å². The third kappa shape index (κ3) is 3.70. The molecule has 0 amide bonds. The standard InChI is InChI=1S/C13H24ClN3O/c1-9(2)15-7-6-13(5,18)12-11(14)8-16-17(12)10(3)4/h8-10,15,18H,6-7H2,1-5H3. The van der Waals surface area contributed by atoms with E-state index in [4.69, 9.17) is 11.6 Å². The first-order chi connectivity index (χ1) is 8.25. The number of hydrogen-bond acceptors (Lipinski definition) is 3. The van der Waals surface area contributed by atoms with E-state index in [1.807, 2.05) is 13.8 Å². The van der Waals surface area contributed by atoms with Crippen LogP contribution in [0.2, 0.25) is 5.02 Å². The fraction of sp³-hybridized carbons (Fsp3) is 0.769. The van der Waals surface area contributed by atoms with Crippen molar-refractivity contribution in [2.45, 2.75) is 58.7 Å². The zero-order chi connectivity index (χ0) is 13.9. The minimum atomic E-state index is -0.972. The third-order valence-electron chi connectivity index (χ3n) is 2.91. The molecule has 0 bridgehead atoms. The normalized spacial score (nSPS) is 15.4. The predicted molar refractivity (Wildman–Crippen MR) is 74.9 cm³/mol. The summed E-state index contributed by atoms with van der Waals surface area (Å²) in [6, 6.07) is 0.586. The summed E-state index contributed by atoms with van der Waals surface area (Å²) in [5.41, 5.74) is -0.274. The molecule has 2 N–H and O–H groups in total. The van der Waals surface area contributed by atoms with Gasteiger partial charge in [0.15, 0.2) is 0 Å². The summed E-state index contributed by atoms with van der Waals surface area (Å²) >= 11 is 6.15. The van der Waals surface area contributed by atoms with Crippen LogP contribution in [0, 0.1) is 0 Å². The summed E-state index contributed by atoms with van der Waals surface area (Å²) in [7, 11) is 0. The highest BCUT2D eigenvalue weighted by molar-refractivity contribution is 6.31. The highest BCUT2D eigenvalue weighted by atomic mass is 35.5. The average molecular weight is 274 g/mol. The SMILES string of the molecule is CC(C)NCCC(C)(O)c1c(Cl)cnn1C(C)C. The van der Waals surface area contributed by atoms with Gasteiger partial charge in [0.1, 0.15) is 5.60 Å². The van der Waals surface area contributed by atoms with Crippen molar-refractivity contribution in [1.82, 2.24) is 15.1 Å². The summed E-state index contributed by atoms with van der Waals surface area (Å²) < 4.78 is 1.79. The summed E-state index contributed by atoms with van der Waals surface area (Å²) in [6.07, 6.45) is 2.20. The number of nitrogens with one attached hydrogen (secondary N) is 1. The van der Waals surface area contributed by atoms with Crippen molar-refractivity contribution in [3.8, 4) is 0 Å². The van der Waals surface area contributed by atoms with Gasteiger partial charge in [0.25, 0.3) is 0 Å². The molecule has 0 radical (unpaired) electrons. The van der Waals surface area contributed by atoms with Crippen molar-refractivity contribution >= 4 is 11.6 Å². The van der Waals surface area contributed by atoms with Gasteiger partial charge in [-0.05, 0) is 33.7 Å². The molecule has 1 unspecified atom stereocenters. The lowest BCUT2D eigenvalue weighted by atomic mass is 9.97. The van der Waals surface area contributed by atoms with Gasteiger partial charge in [0, 0.05) is 12.1 Å². The maximum Gasteiger partial charge on any atom is 0.106 e. The Morgan fingerprint density at radius 2 is 2.06 bits per heavy atom. The van der Waals surface area contributed by atoms with Crippen LogP contribution in [-0.4, -0.2) is 27.5 Å². The van der Waals surface area contributed by atoms with E-state index in [9.17, 15) is 5.11 Å². The molecule has 104 valence electrons. The second-order valence-corrected chi connectivity index (χ2v) is 5.92. The van der Waals surface area contributed by atoms with Crippen molar-refractivity contribution in [1.29, 1.82) is 0 Å². The molecule has 0 saturated heterocycles. The van der Waals surface area contributed by atoms with Gasteiger partial charge < -0.3 is 10.4 Å². The number of halogens is 1. The highest BCUT2D eigenvalue weighted by Gasteiger charge is 2.30. The molecule has 18 heavy (non-hydrogen) atoms. The Morgan fingerprint density at radius 1 is 1.44 bits per heavy atom. The van der Waals surface area contributed by atoms with Crippen LogP contribution in [0.3, 0.4) is 0 Å². The summed E-state index contributed by atoms with van der Waals surface area (Å²) in [5, 5.41) is 18.7. The monoisotopic (exact) mass is 273 g/mol. The van der Waals surface area contributed by atoms with E-state index in [-0.39, 0.29) is 6.04 Å². The van der Waals surface area contributed by atoms with Gasteiger partial charge in [-0.3, -0.25) is 4.68 Å². The zero-order valence-corrected chi connectivity index (χ0v) is 12.6. The van der Waals surface area contributed by atoms with Gasteiger partial charge in [0.05, 0.1) is 16.9 Å². The van der Waals surface area contributed by atoms with E-state index < -0.39 is 5.60 Å². The summed E-state index contributed by atoms with van der Waals surface area (Å²) in [4.78, 5) is 0. The highest BCUT2D eigenvalue weighted by Crippen LogP contribution is 2.32. The number of aromatic nitrogens is 2. The Kier molecular flexibility index (Phi) is 5.20. The Hall–Kier alpha value is -0.580.